The van der Waals surface area contributed by atoms with Gasteiger partial charge in [-0.1, -0.05) is 12.1 Å². The van der Waals surface area contributed by atoms with Crippen molar-refractivity contribution in [3.63, 3.8) is 0 Å². The lowest BCUT2D eigenvalue weighted by Gasteiger charge is -2.08. The number of aromatic nitrogens is 2. The number of para-hydroxylation sites is 1. The summed E-state index contributed by atoms with van der Waals surface area (Å²) in [4.78, 5) is 54.1. The van der Waals surface area contributed by atoms with Crippen molar-refractivity contribution in [1.82, 2.24) is 15.3 Å². The van der Waals surface area contributed by atoms with E-state index in [0.29, 0.717) is 27.4 Å². The molecule has 144 valence electrons. The lowest BCUT2D eigenvalue weighted by molar-refractivity contribution is -0.115. The first-order chi connectivity index (χ1) is 14.0. The second kappa shape index (κ2) is 7.43. The minimum absolute atomic E-state index is 0.0681. The van der Waals surface area contributed by atoms with Crippen molar-refractivity contribution in [3.8, 4) is 0 Å². The monoisotopic (exact) mass is 388 g/mol. The zero-order chi connectivity index (χ0) is 20.4. The molecule has 0 saturated heterocycles. The van der Waals surface area contributed by atoms with Crippen molar-refractivity contribution >= 4 is 39.2 Å². The highest BCUT2D eigenvalue weighted by Crippen LogP contribution is 2.15. The molecule has 4 aromatic rings. The number of benzene rings is 2. The third-order valence-electron chi connectivity index (χ3n) is 4.50. The Morgan fingerprint density at radius 1 is 0.931 bits per heavy atom. The van der Waals surface area contributed by atoms with E-state index in [1.807, 2.05) is 0 Å². The van der Waals surface area contributed by atoms with Gasteiger partial charge in [-0.15, -0.1) is 0 Å². The van der Waals surface area contributed by atoms with Crippen LogP contribution in [0.2, 0.25) is 0 Å². The van der Waals surface area contributed by atoms with Crippen molar-refractivity contribution in [3.05, 3.63) is 87.1 Å². The molecule has 29 heavy (non-hydrogen) atoms. The average Bonchev–Trinajstić information content (AvgIpc) is 2.72. The van der Waals surface area contributed by atoms with E-state index >= 15 is 0 Å². The minimum atomic E-state index is -0.641. The molecule has 0 aliphatic rings. The van der Waals surface area contributed by atoms with Crippen molar-refractivity contribution in [2.75, 3.05) is 11.9 Å². The van der Waals surface area contributed by atoms with Gasteiger partial charge in [0.2, 0.25) is 11.3 Å². The zero-order valence-corrected chi connectivity index (χ0v) is 15.1. The zero-order valence-electron chi connectivity index (χ0n) is 15.1. The maximum Gasteiger partial charge on any atom is 0.257 e. The molecule has 8 nitrogen and oxygen atoms in total. The van der Waals surface area contributed by atoms with Crippen molar-refractivity contribution < 1.29 is 9.59 Å². The topological polar surface area (TPSA) is 124 Å². The fourth-order valence-electron chi connectivity index (χ4n) is 3.07. The van der Waals surface area contributed by atoms with Gasteiger partial charge in [0.05, 0.1) is 6.54 Å². The van der Waals surface area contributed by atoms with Crippen molar-refractivity contribution in [1.29, 1.82) is 0 Å². The van der Waals surface area contributed by atoms with Gasteiger partial charge in [0.15, 0.2) is 0 Å². The maximum absolute atomic E-state index is 12.4. The summed E-state index contributed by atoms with van der Waals surface area (Å²) >= 11 is 0. The number of H-pyrrole nitrogens is 2. The number of amides is 2. The molecule has 0 fully saturated rings. The molecular formula is C21H16N4O4. The van der Waals surface area contributed by atoms with Crippen LogP contribution in [-0.2, 0) is 4.79 Å². The molecule has 2 aromatic heterocycles. The summed E-state index contributed by atoms with van der Waals surface area (Å²) in [6.45, 7) is -0.307. The highest BCUT2D eigenvalue weighted by atomic mass is 16.2. The van der Waals surface area contributed by atoms with Gasteiger partial charge >= 0.3 is 0 Å². The molecule has 0 bridgehead atoms. The summed E-state index contributed by atoms with van der Waals surface area (Å²) in [5.41, 5.74) is 0.430. The van der Waals surface area contributed by atoms with Crippen LogP contribution in [0.5, 0.6) is 0 Å². The van der Waals surface area contributed by atoms with Gasteiger partial charge in [-0.3, -0.25) is 19.2 Å². The largest absolute Gasteiger partial charge is 0.360 e. The summed E-state index contributed by atoms with van der Waals surface area (Å²) in [7, 11) is 0. The number of nitrogens with one attached hydrogen (secondary N) is 4. The van der Waals surface area contributed by atoms with E-state index < -0.39 is 17.2 Å². The van der Waals surface area contributed by atoms with Crippen molar-refractivity contribution in [2.45, 2.75) is 0 Å². The van der Waals surface area contributed by atoms with Gasteiger partial charge in [0.1, 0.15) is 5.56 Å². The number of aromatic amines is 2. The predicted octanol–water partition coefficient (Wildman–Crippen LogP) is 1.74. The van der Waals surface area contributed by atoms with Crippen LogP contribution in [0.25, 0.3) is 21.7 Å². The van der Waals surface area contributed by atoms with Gasteiger partial charge in [-0.2, -0.15) is 0 Å². The van der Waals surface area contributed by atoms with E-state index in [4.69, 9.17) is 0 Å². The molecule has 0 spiro atoms. The minimum Gasteiger partial charge on any atom is -0.360 e. The van der Waals surface area contributed by atoms with Gasteiger partial charge in [-0.05, 0) is 41.8 Å². The van der Waals surface area contributed by atoms with E-state index in [0.717, 1.165) is 0 Å². The third kappa shape index (κ3) is 3.63. The molecule has 2 heterocycles. The number of pyridine rings is 2. The molecule has 8 heteroatoms. The van der Waals surface area contributed by atoms with Crippen LogP contribution < -0.4 is 21.6 Å². The summed E-state index contributed by atoms with van der Waals surface area (Å²) in [5.74, 6) is -1.10. The first kappa shape index (κ1) is 18.2. The molecule has 4 N–H and O–H groups in total. The predicted molar refractivity (Wildman–Crippen MR) is 110 cm³/mol. The van der Waals surface area contributed by atoms with Gasteiger partial charge in [-0.25, -0.2) is 0 Å². The Balaban J connectivity index is 1.44. The first-order valence-corrected chi connectivity index (χ1v) is 8.83. The molecule has 0 atom stereocenters. The number of carbonyl (C=O) groups is 2. The smallest absolute Gasteiger partial charge is 0.257 e. The SMILES string of the molecule is O=C(CNC(=O)c1c[nH]c2ccccc2c1=O)Nc1ccc2c(=O)[nH]ccc2c1. The number of hydrogen-bond donors (Lipinski definition) is 4. The van der Waals surface area contributed by atoms with E-state index in [-0.39, 0.29) is 17.7 Å². The fourth-order valence-corrected chi connectivity index (χ4v) is 3.07. The van der Waals surface area contributed by atoms with Crippen LogP contribution in [-0.4, -0.2) is 28.3 Å². The van der Waals surface area contributed by atoms with Crippen LogP contribution in [0.15, 0.2) is 70.5 Å². The second-order valence-corrected chi connectivity index (χ2v) is 6.42. The first-order valence-electron chi connectivity index (χ1n) is 8.83. The summed E-state index contributed by atoms with van der Waals surface area (Å²) in [5, 5.41) is 6.68. The normalized spacial score (nSPS) is 10.8. The van der Waals surface area contributed by atoms with E-state index in [1.165, 1.54) is 12.4 Å². The highest BCUT2D eigenvalue weighted by Gasteiger charge is 2.14. The van der Waals surface area contributed by atoms with Crippen LogP contribution >= 0.6 is 0 Å². The third-order valence-corrected chi connectivity index (χ3v) is 4.50. The Bertz CT molecular complexity index is 1370. The Labute approximate surface area is 163 Å². The Morgan fingerprint density at radius 3 is 2.62 bits per heavy atom. The molecule has 0 radical (unpaired) electrons. The van der Waals surface area contributed by atoms with Crippen LogP contribution in [0.4, 0.5) is 5.69 Å². The van der Waals surface area contributed by atoms with Gasteiger partial charge in [0, 0.05) is 34.4 Å². The molecule has 0 saturated carbocycles. The Kier molecular flexibility index (Phi) is 4.66. The number of fused-ring (bicyclic) bond motifs is 2. The fraction of sp³-hybridized carbons (Fsp3) is 0.0476. The Hall–Kier alpha value is -4.20. The average molecular weight is 388 g/mol. The van der Waals surface area contributed by atoms with E-state index in [9.17, 15) is 19.2 Å². The molecule has 2 aromatic carbocycles. The standard InChI is InChI=1S/C21H16N4O4/c26-18(25-13-5-6-14-12(9-13)7-8-22-20(14)28)11-24-21(29)16-10-23-17-4-2-1-3-15(17)19(16)27/h1-10H,11H2,(H,22,28)(H,23,27)(H,24,29)(H,25,26). The quantitative estimate of drug-likeness (QED) is 0.425. The molecule has 0 unspecified atom stereocenters. The number of rotatable bonds is 4. The molecular weight excluding hydrogens is 372 g/mol. The van der Waals surface area contributed by atoms with E-state index in [2.05, 4.69) is 20.6 Å². The summed E-state index contributed by atoms with van der Waals surface area (Å²) in [6, 6.07) is 13.5. The lowest BCUT2D eigenvalue weighted by atomic mass is 10.1. The molecule has 0 aliphatic heterocycles. The van der Waals surface area contributed by atoms with Gasteiger partial charge in [0.25, 0.3) is 11.5 Å². The van der Waals surface area contributed by atoms with Crippen LogP contribution in [0.1, 0.15) is 10.4 Å². The molecule has 4 rings (SSSR count). The van der Waals surface area contributed by atoms with Crippen LogP contribution in [0, 0.1) is 0 Å². The number of carbonyl (C=O) groups excluding carboxylic acids is 2. The maximum atomic E-state index is 12.4. The number of anilines is 1. The summed E-state index contributed by atoms with van der Waals surface area (Å²) < 4.78 is 0. The van der Waals surface area contributed by atoms with Gasteiger partial charge < -0.3 is 20.6 Å². The second-order valence-electron chi connectivity index (χ2n) is 6.42. The van der Waals surface area contributed by atoms with Crippen molar-refractivity contribution in [2.24, 2.45) is 0 Å². The van der Waals surface area contributed by atoms with Crippen LogP contribution in [0.3, 0.4) is 0 Å². The molecule has 2 amide bonds. The lowest BCUT2D eigenvalue weighted by Crippen LogP contribution is -2.35. The van der Waals surface area contributed by atoms with E-state index in [1.54, 1.807) is 48.5 Å². The Morgan fingerprint density at radius 2 is 1.76 bits per heavy atom. The summed E-state index contributed by atoms with van der Waals surface area (Å²) in [6.07, 6.45) is 2.86. The number of hydrogen-bond acceptors (Lipinski definition) is 4. The molecule has 0 aliphatic carbocycles. The highest BCUT2D eigenvalue weighted by molar-refractivity contribution is 6.01.